The number of carbonyl (C=O) groups excluding carboxylic acids is 3. The second kappa shape index (κ2) is 8.06. The van der Waals surface area contributed by atoms with Crippen molar-refractivity contribution in [2.75, 3.05) is 20.8 Å². The maximum Gasteiger partial charge on any atom is 0.320 e. The van der Waals surface area contributed by atoms with Gasteiger partial charge in [-0.15, -0.1) is 0 Å². The lowest BCUT2D eigenvalue weighted by molar-refractivity contribution is -0.161. The molecule has 0 N–H and O–H groups in total. The molecule has 1 aliphatic heterocycles. The third kappa shape index (κ3) is 4.07. The van der Waals surface area contributed by atoms with E-state index in [9.17, 15) is 14.4 Å². The first kappa shape index (κ1) is 19.5. The van der Waals surface area contributed by atoms with Gasteiger partial charge in [-0.05, 0) is 19.1 Å². The lowest BCUT2D eigenvalue weighted by Gasteiger charge is -2.36. The van der Waals surface area contributed by atoms with Crippen LogP contribution in [0, 0.1) is 11.8 Å². The molecule has 1 aromatic rings. The van der Waals surface area contributed by atoms with E-state index in [1.165, 1.54) is 27.2 Å². The Morgan fingerprint density at radius 2 is 1.80 bits per heavy atom. The zero-order valence-corrected chi connectivity index (χ0v) is 15.5. The Hall–Kier alpha value is -1.79. The van der Waals surface area contributed by atoms with Crippen molar-refractivity contribution in [3.63, 3.8) is 0 Å². The van der Waals surface area contributed by atoms with Crippen LogP contribution < -0.4 is 4.74 Å². The van der Waals surface area contributed by atoms with Crippen LogP contribution in [0.4, 0.5) is 0 Å². The zero-order chi connectivity index (χ0) is 18.7. The molecule has 0 spiro atoms. The summed E-state index contributed by atoms with van der Waals surface area (Å²) in [6.07, 6.45) is 0.124. The Morgan fingerprint density at radius 1 is 1.20 bits per heavy atom. The predicted molar refractivity (Wildman–Crippen MR) is 91.0 cm³/mol. The topological polar surface area (TPSA) is 78.9 Å². The molecule has 2 rings (SSSR count). The highest BCUT2D eigenvalue weighted by Gasteiger charge is 2.46. The quantitative estimate of drug-likeness (QED) is 0.569. The van der Waals surface area contributed by atoms with E-state index >= 15 is 0 Å². The fourth-order valence-electron chi connectivity index (χ4n) is 3.18. The highest BCUT2D eigenvalue weighted by atomic mass is 35.5. The van der Waals surface area contributed by atoms with E-state index < -0.39 is 29.7 Å². The van der Waals surface area contributed by atoms with E-state index in [1.54, 1.807) is 6.07 Å². The van der Waals surface area contributed by atoms with Gasteiger partial charge in [0.15, 0.2) is 5.92 Å². The van der Waals surface area contributed by atoms with Gasteiger partial charge in [-0.1, -0.05) is 23.2 Å². The number of ether oxygens (including phenoxy) is 3. The Balaban J connectivity index is 2.63. The van der Waals surface area contributed by atoms with Crippen molar-refractivity contribution in [3.8, 4) is 5.75 Å². The third-order valence-electron chi connectivity index (χ3n) is 4.16. The molecule has 1 heterocycles. The average Bonchev–Trinajstić information content (AvgIpc) is 2.55. The number of fused-ring (bicyclic) bond motifs is 1. The molecule has 0 aromatic heterocycles. The lowest BCUT2D eigenvalue weighted by atomic mass is 9.73. The number of hydrogen-bond acceptors (Lipinski definition) is 6. The minimum Gasteiger partial charge on any atom is -0.491 e. The molecule has 25 heavy (non-hydrogen) atoms. The van der Waals surface area contributed by atoms with Crippen LogP contribution in [0.3, 0.4) is 0 Å². The second-order valence-corrected chi connectivity index (χ2v) is 6.68. The highest BCUT2D eigenvalue weighted by molar-refractivity contribution is 6.35. The summed E-state index contributed by atoms with van der Waals surface area (Å²) in [4.78, 5) is 36.3. The van der Waals surface area contributed by atoms with Crippen LogP contribution in [0.15, 0.2) is 12.1 Å². The van der Waals surface area contributed by atoms with E-state index in [4.69, 9.17) is 37.4 Å². The first-order chi connectivity index (χ1) is 11.8. The molecule has 0 radical (unpaired) electrons. The Labute approximate surface area is 155 Å². The molecule has 0 amide bonds. The van der Waals surface area contributed by atoms with Crippen molar-refractivity contribution in [1.82, 2.24) is 0 Å². The number of methoxy groups -OCH3 is 2. The molecule has 0 bridgehead atoms. The summed E-state index contributed by atoms with van der Waals surface area (Å²) in [5.41, 5.74) is 0.482. The number of ketones is 1. The van der Waals surface area contributed by atoms with Crippen LogP contribution in [0.2, 0.25) is 10.0 Å². The lowest BCUT2D eigenvalue weighted by Crippen LogP contribution is -2.40. The Bertz CT molecular complexity index is 687. The van der Waals surface area contributed by atoms with Crippen LogP contribution in [-0.2, 0) is 23.9 Å². The molecule has 2 unspecified atom stereocenters. The summed E-state index contributed by atoms with van der Waals surface area (Å²) in [6, 6.07) is 3.09. The van der Waals surface area contributed by atoms with Gasteiger partial charge in [-0.25, -0.2) is 0 Å². The average molecular weight is 389 g/mol. The summed E-state index contributed by atoms with van der Waals surface area (Å²) in [7, 11) is 2.37. The van der Waals surface area contributed by atoms with Gasteiger partial charge in [0.05, 0.1) is 25.8 Å². The first-order valence-corrected chi connectivity index (χ1v) is 8.32. The van der Waals surface area contributed by atoms with Crippen LogP contribution in [0.25, 0.3) is 0 Å². The van der Waals surface area contributed by atoms with E-state index in [2.05, 4.69) is 0 Å². The third-order valence-corrected chi connectivity index (χ3v) is 4.66. The number of carbonyl (C=O) groups is 3. The van der Waals surface area contributed by atoms with E-state index in [0.717, 1.165) is 0 Å². The normalized spacial score (nSPS) is 19.0. The molecule has 0 saturated heterocycles. The summed E-state index contributed by atoms with van der Waals surface area (Å²) < 4.78 is 15.3. The molecule has 1 aliphatic rings. The minimum atomic E-state index is -1.25. The van der Waals surface area contributed by atoms with Gasteiger partial charge in [0.25, 0.3) is 0 Å². The van der Waals surface area contributed by atoms with Crippen molar-refractivity contribution in [1.29, 1.82) is 0 Å². The summed E-state index contributed by atoms with van der Waals surface area (Å²) in [6.45, 7) is 1.56. The number of esters is 2. The number of Topliss-reactive ketones (excluding diaryl/α,β-unsaturated/α-hetero) is 1. The van der Waals surface area contributed by atoms with Crippen LogP contribution in [0.1, 0.15) is 24.8 Å². The number of halogens is 2. The largest absolute Gasteiger partial charge is 0.491 e. The molecule has 6 nitrogen and oxygen atoms in total. The molecule has 0 saturated carbocycles. The summed E-state index contributed by atoms with van der Waals surface area (Å²) in [5, 5.41) is 0.594. The monoisotopic (exact) mass is 388 g/mol. The SMILES string of the molecule is COC(=O)C(C(=O)OC)C1c2cc(Cl)cc(Cl)c2OCC1CC(C)=O. The van der Waals surface area contributed by atoms with E-state index in [-0.39, 0.29) is 23.8 Å². The second-order valence-electron chi connectivity index (χ2n) is 5.83. The molecule has 136 valence electrons. The number of rotatable bonds is 5. The molecule has 0 fully saturated rings. The van der Waals surface area contributed by atoms with E-state index in [1.807, 2.05) is 0 Å². The first-order valence-electron chi connectivity index (χ1n) is 7.57. The van der Waals surface area contributed by atoms with Gasteiger partial charge in [-0.2, -0.15) is 0 Å². The Kier molecular flexibility index (Phi) is 6.30. The summed E-state index contributed by atoms with van der Waals surface area (Å²) in [5.74, 6) is -3.65. The standard InChI is InChI=1S/C17H18Cl2O6/c1-8(20)4-9-7-25-15-11(5-10(18)6-12(15)19)13(9)14(16(21)23-2)17(22)24-3/h5-6,9,13-14H,4,7H2,1-3H3. The minimum absolute atomic E-state index is 0.0938. The van der Waals surface area contributed by atoms with Gasteiger partial charge >= 0.3 is 11.9 Å². The van der Waals surface area contributed by atoms with Gasteiger partial charge < -0.3 is 19.0 Å². The fraction of sp³-hybridized carbons (Fsp3) is 0.471. The van der Waals surface area contributed by atoms with Crippen molar-refractivity contribution >= 4 is 40.9 Å². The van der Waals surface area contributed by atoms with Crippen LogP contribution in [-0.4, -0.2) is 38.5 Å². The number of benzene rings is 1. The van der Waals surface area contributed by atoms with Crippen molar-refractivity contribution in [3.05, 3.63) is 27.7 Å². The van der Waals surface area contributed by atoms with Gasteiger partial charge in [0, 0.05) is 28.8 Å². The summed E-state index contributed by atoms with van der Waals surface area (Å²) >= 11 is 12.3. The maximum atomic E-state index is 12.3. The molecule has 8 heteroatoms. The molecular weight excluding hydrogens is 371 g/mol. The van der Waals surface area contributed by atoms with Crippen molar-refractivity contribution < 1.29 is 28.6 Å². The van der Waals surface area contributed by atoms with Crippen molar-refractivity contribution in [2.45, 2.75) is 19.3 Å². The van der Waals surface area contributed by atoms with Gasteiger partial charge in [-0.3, -0.25) is 9.59 Å². The molecule has 2 atom stereocenters. The van der Waals surface area contributed by atoms with Crippen LogP contribution in [0.5, 0.6) is 5.75 Å². The highest BCUT2D eigenvalue weighted by Crippen LogP contribution is 2.47. The van der Waals surface area contributed by atoms with Crippen LogP contribution >= 0.6 is 23.2 Å². The maximum absolute atomic E-state index is 12.3. The molecular formula is C17H18Cl2O6. The molecule has 1 aromatic carbocycles. The predicted octanol–water partition coefficient (Wildman–Crippen LogP) is 3.03. The van der Waals surface area contributed by atoms with Gasteiger partial charge in [0.1, 0.15) is 11.5 Å². The van der Waals surface area contributed by atoms with Crippen molar-refractivity contribution in [2.24, 2.45) is 11.8 Å². The zero-order valence-electron chi connectivity index (χ0n) is 14.0. The fourth-order valence-corrected chi connectivity index (χ4v) is 3.74. The number of hydrogen-bond donors (Lipinski definition) is 0. The Morgan fingerprint density at radius 3 is 2.32 bits per heavy atom. The van der Waals surface area contributed by atoms with E-state index in [0.29, 0.717) is 16.3 Å². The smallest absolute Gasteiger partial charge is 0.320 e. The molecule has 0 aliphatic carbocycles. The van der Waals surface area contributed by atoms with Gasteiger partial charge in [0.2, 0.25) is 0 Å².